The first kappa shape index (κ1) is 15.1. The third kappa shape index (κ3) is 3.17. The molecule has 1 saturated carbocycles. The Hall–Kier alpha value is -0.860. The highest BCUT2D eigenvalue weighted by Crippen LogP contribution is 2.34. The average Bonchev–Trinajstić information content (AvgIpc) is 2.98. The van der Waals surface area contributed by atoms with Crippen LogP contribution >= 0.6 is 0 Å². The van der Waals surface area contributed by atoms with Gasteiger partial charge in [0.1, 0.15) is 0 Å². The standard InChI is InChI=1S/C19H30N2/c1-21(2)19(12-5-6-13-19)15-20-14-17-10-7-9-16-8-3-4-11-18(16)17/h3-4,8,11,17,20H,5-7,9-10,12-15H2,1-2H3. The van der Waals surface area contributed by atoms with Gasteiger partial charge in [-0.15, -0.1) is 0 Å². The summed E-state index contributed by atoms with van der Waals surface area (Å²) in [6.45, 7) is 2.30. The summed E-state index contributed by atoms with van der Waals surface area (Å²) in [7, 11) is 4.51. The largest absolute Gasteiger partial charge is 0.314 e. The first-order valence-electron chi connectivity index (χ1n) is 8.67. The molecule has 116 valence electrons. The lowest BCUT2D eigenvalue weighted by Crippen LogP contribution is -2.50. The van der Waals surface area contributed by atoms with Gasteiger partial charge < -0.3 is 10.2 Å². The fourth-order valence-corrected chi connectivity index (χ4v) is 4.36. The van der Waals surface area contributed by atoms with Crippen LogP contribution in [-0.2, 0) is 6.42 Å². The van der Waals surface area contributed by atoms with E-state index >= 15 is 0 Å². The predicted molar refractivity (Wildman–Crippen MR) is 89.9 cm³/mol. The van der Waals surface area contributed by atoms with Crippen LogP contribution in [0.2, 0.25) is 0 Å². The molecule has 1 unspecified atom stereocenters. The summed E-state index contributed by atoms with van der Waals surface area (Å²) in [4.78, 5) is 2.46. The Kier molecular flexibility index (Phi) is 4.66. The first-order valence-corrected chi connectivity index (χ1v) is 8.67. The molecule has 2 aliphatic rings. The van der Waals surface area contributed by atoms with E-state index in [-0.39, 0.29) is 0 Å². The van der Waals surface area contributed by atoms with Gasteiger partial charge in [0.15, 0.2) is 0 Å². The van der Waals surface area contributed by atoms with Gasteiger partial charge in [0, 0.05) is 18.6 Å². The lowest BCUT2D eigenvalue weighted by atomic mass is 9.82. The highest BCUT2D eigenvalue weighted by atomic mass is 15.2. The van der Waals surface area contributed by atoms with Crippen molar-refractivity contribution in [3.63, 3.8) is 0 Å². The minimum atomic E-state index is 0.411. The number of nitrogens with one attached hydrogen (secondary N) is 1. The van der Waals surface area contributed by atoms with Crippen LogP contribution in [0.25, 0.3) is 0 Å². The van der Waals surface area contributed by atoms with Crippen molar-refractivity contribution in [2.45, 2.75) is 56.4 Å². The van der Waals surface area contributed by atoms with Gasteiger partial charge in [0.2, 0.25) is 0 Å². The maximum absolute atomic E-state index is 3.82. The fourth-order valence-electron chi connectivity index (χ4n) is 4.36. The number of hydrogen-bond acceptors (Lipinski definition) is 2. The van der Waals surface area contributed by atoms with Crippen molar-refractivity contribution >= 4 is 0 Å². The third-order valence-electron chi connectivity index (χ3n) is 5.82. The average molecular weight is 286 g/mol. The molecule has 0 aromatic heterocycles. The Morgan fingerprint density at radius 1 is 1.14 bits per heavy atom. The van der Waals surface area contributed by atoms with Gasteiger partial charge in [-0.05, 0) is 63.2 Å². The molecule has 1 N–H and O–H groups in total. The molecule has 0 spiro atoms. The molecule has 1 aromatic carbocycles. The maximum Gasteiger partial charge on any atom is 0.0327 e. The zero-order valence-electron chi connectivity index (χ0n) is 13.7. The molecule has 0 saturated heterocycles. The minimum absolute atomic E-state index is 0.411. The number of likely N-dealkylation sites (N-methyl/N-ethyl adjacent to an activating group) is 1. The molecular weight excluding hydrogens is 256 g/mol. The van der Waals surface area contributed by atoms with Crippen molar-refractivity contribution in [1.29, 1.82) is 0 Å². The summed E-state index contributed by atoms with van der Waals surface area (Å²) in [5, 5.41) is 3.82. The molecule has 0 bridgehead atoms. The van der Waals surface area contributed by atoms with Crippen LogP contribution in [0.4, 0.5) is 0 Å². The van der Waals surface area contributed by atoms with Crippen LogP contribution in [0.15, 0.2) is 24.3 Å². The van der Waals surface area contributed by atoms with E-state index < -0.39 is 0 Å². The van der Waals surface area contributed by atoms with Crippen LogP contribution in [0.5, 0.6) is 0 Å². The van der Waals surface area contributed by atoms with Gasteiger partial charge >= 0.3 is 0 Å². The second-order valence-electron chi connectivity index (χ2n) is 7.24. The van der Waals surface area contributed by atoms with E-state index in [0.29, 0.717) is 5.54 Å². The number of rotatable bonds is 5. The summed E-state index contributed by atoms with van der Waals surface area (Å²) < 4.78 is 0. The van der Waals surface area contributed by atoms with Crippen molar-refractivity contribution in [3.05, 3.63) is 35.4 Å². The van der Waals surface area contributed by atoms with Crippen molar-refractivity contribution in [1.82, 2.24) is 10.2 Å². The second-order valence-corrected chi connectivity index (χ2v) is 7.24. The summed E-state index contributed by atoms with van der Waals surface area (Å²) >= 11 is 0. The number of fused-ring (bicyclic) bond motifs is 1. The van der Waals surface area contributed by atoms with Crippen molar-refractivity contribution in [2.75, 3.05) is 27.2 Å². The number of nitrogens with zero attached hydrogens (tertiary/aromatic N) is 1. The van der Waals surface area contributed by atoms with Gasteiger partial charge in [-0.1, -0.05) is 37.1 Å². The Morgan fingerprint density at radius 2 is 1.90 bits per heavy atom. The van der Waals surface area contributed by atoms with E-state index in [0.717, 1.165) is 19.0 Å². The second kappa shape index (κ2) is 6.50. The van der Waals surface area contributed by atoms with E-state index in [9.17, 15) is 0 Å². The van der Waals surface area contributed by atoms with Gasteiger partial charge in [0.05, 0.1) is 0 Å². The number of benzene rings is 1. The molecular formula is C19H30N2. The van der Waals surface area contributed by atoms with Crippen LogP contribution in [0.1, 0.15) is 55.6 Å². The van der Waals surface area contributed by atoms with Crippen LogP contribution < -0.4 is 5.32 Å². The summed E-state index contributed by atoms with van der Waals surface area (Å²) in [5.41, 5.74) is 3.59. The van der Waals surface area contributed by atoms with Crippen LogP contribution in [0, 0.1) is 0 Å². The van der Waals surface area contributed by atoms with Crippen molar-refractivity contribution < 1.29 is 0 Å². The third-order valence-corrected chi connectivity index (χ3v) is 5.82. The Morgan fingerprint density at radius 3 is 2.67 bits per heavy atom. The lowest BCUT2D eigenvalue weighted by molar-refractivity contribution is 0.153. The quantitative estimate of drug-likeness (QED) is 0.890. The molecule has 2 heteroatoms. The van der Waals surface area contributed by atoms with Crippen molar-refractivity contribution in [2.24, 2.45) is 0 Å². The summed E-state index contributed by atoms with van der Waals surface area (Å²) in [6.07, 6.45) is 9.47. The molecule has 1 fully saturated rings. The van der Waals surface area contributed by atoms with Gasteiger partial charge in [-0.2, -0.15) is 0 Å². The Balaban J connectivity index is 1.59. The molecule has 1 aromatic rings. The smallest absolute Gasteiger partial charge is 0.0327 e. The Labute approximate surface area is 129 Å². The van der Waals surface area contributed by atoms with E-state index in [2.05, 4.69) is 48.6 Å². The minimum Gasteiger partial charge on any atom is -0.314 e. The van der Waals surface area contributed by atoms with Gasteiger partial charge in [0.25, 0.3) is 0 Å². The lowest BCUT2D eigenvalue weighted by Gasteiger charge is -2.37. The first-order chi connectivity index (χ1) is 10.2. The van der Waals surface area contributed by atoms with E-state index in [1.54, 1.807) is 11.1 Å². The Bertz CT molecular complexity index is 460. The highest BCUT2D eigenvalue weighted by molar-refractivity contribution is 5.32. The predicted octanol–water partition coefficient (Wildman–Crippen LogP) is 3.57. The summed E-state index contributed by atoms with van der Waals surface area (Å²) in [5.74, 6) is 0.718. The zero-order chi connectivity index (χ0) is 14.7. The topological polar surface area (TPSA) is 15.3 Å². The monoisotopic (exact) mass is 286 g/mol. The zero-order valence-corrected chi connectivity index (χ0v) is 13.7. The molecule has 0 radical (unpaired) electrons. The van der Waals surface area contributed by atoms with Crippen molar-refractivity contribution in [3.8, 4) is 0 Å². The fraction of sp³-hybridized carbons (Fsp3) is 0.684. The molecule has 21 heavy (non-hydrogen) atoms. The van der Waals surface area contributed by atoms with E-state index in [4.69, 9.17) is 0 Å². The van der Waals surface area contributed by atoms with Gasteiger partial charge in [-0.3, -0.25) is 0 Å². The van der Waals surface area contributed by atoms with E-state index in [1.165, 1.54) is 44.9 Å². The van der Waals surface area contributed by atoms with Crippen LogP contribution in [0.3, 0.4) is 0 Å². The summed E-state index contributed by atoms with van der Waals surface area (Å²) in [6, 6.07) is 9.06. The van der Waals surface area contributed by atoms with E-state index in [1.807, 2.05) is 0 Å². The van der Waals surface area contributed by atoms with Gasteiger partial charge in [-0.25, -0.2) is 0 Å². The number of aryl methyl sites for hydroxylation is 1. The number of hydrogen-bond donors (Lipinski definition) is 1. The maximum atomic E-state index is 3.82. The molecule has 2 aliphatic carbocycles. The molecule has 1 atom stereocenters. The highest BCUT2D eigenvalue weighted by Gasteiger charge is 2.35. The SMILES string of the molecule is CN(C)C1(CNCC2CCCc3ccccc32)CCCC1. The normalized spacial score (nSPS) is 24.2. The molecule has 2 nitrogen and oxygen atoms in total. The molecule has 0 heterocycles. The van der Waals surface area contributed by atoms with Crippen LogP contribution in [-0.4, -0.2) is 37.6 Å². The molecule has 3 rings (SSSR count). The molecule has 0 amide bonds. The molecule has 0 aliphatic heterocycles.